The molecule has 0 fully saturated rings. The summed E-state index contributed by atoms with van der Waals surface area (Å²) >= 11 is 0. The standard InChI is InChI=1S/C23H22N2O2/c26-23(25-17-15-18-8-4-6-12-21(18)25)14-16-24-20-11-5-7-13-22(20)27-19-9-2-1-3-10-19/h1-13,24H,14-17H2. The summed E-state index contributed by atoms with van der Waals surface area (Å²) < 4.78 is 5.96. The Bertz CT molecular complexity index is 924. The minimum absolute atomic E-state index is 0.147. The summed E-state index contributed by atoms with van der Waals surface area (Å²) in [7, 11) is 0. The smallest absolute Gasteiger partial charge is 0.228 e. The number of hydrogen-bond donors (Lipinski definition) is 1. The van der Waals surface area contributed by atoms with Gasteiger partial charge in [-0.3, -0.25) is 4.79 Å². The van der Waals surface area contributed by atoms with Crippen LogP contribution in [0.25, 0.3) is 0 Å². The number of rotatable bonds is 6. The lowest BCUT2D eigenvalue weighted by molar-refractivity contribution is -0.118. The number of amides is 1. The van der Waals surface area contributed by atoms with Crippen LogP contribution in [-0.4, -0.2) is 19.0 Å². The van der Waals surface area contributed by atoms with Crippen molar-refractivity contribution in [2.75, 3.05) is 23.3 Å². The SMILES string of the molecule is O=C(CCNc1ccccc1Oc1ccccc1)N1CCc2ccccc21. The van der Waals surface area contributed by atoms with E-state index in [1.54, 1.807) is 0 Å². The van der Waals surface area contributed by atoms with Gasteiger partial charge in [-0.05, 0) is 42.3 Å². The van der Waals surface area contributed by atoms with E-state index in [2.05, 4.69) is 11.4 Å². The molecule has 1 aliphatic rings. The van der Waals surface area contributed by atoms with Crippen molar-refractivity contribution in [1.82, 2.24) is 0 Å². The maximum atomic E-state index is 12.6. The summed E-state index contributed by atoms with van der Waals surface area (Å²) in [6, 6.07) is 25.6. The predicted octanol–water partition coefficient (Wildman–Crippen LogP) is 4.87. The van der Waals surface area contributed by atoms with E-state index < -0.39 is 0 Å². The van der Waals surface area contributed by atoms with E-state index in [1.165, 1.54) is 5.56 Å². The van der Waals surface area contributed by atoms with Gasteiger partial charge < -0.3 is 15.0 Å². The fraction of sp³-hybridized carbons (Fsp3) is 0.174. The van der Waals surface area contributed by atoms with Crippen molar-refractivity contribution < 1.29 is 9.53 Å². The summed E-state index contributed by atoms with van der Waals surface area (Å²) in [5.41, 5.74) is 3.19. The highest BCUT2D eigenvalue weighted by atomic mass is 16.5. The Labute approximate surface area is 159 Å². The Morgan fingerprint density at radius 3 is 2.56 bits per heavy atom. The van der Waals surface area contributed by atoms with Gasteiger partial charge in [0.05, 0.1) is 5.69 Å². The molecule has 27 heavy (non-hydrogen) atoms. The molecular weight excluding hydrogens is 336 g/mol. The summed E-state index contributed by atoms with van der Waals surface area (Å²) in [5.74, 6) is 1.69. The van der Waals surface area contributed by atoms with Gasteiger partial charge in [0.2, 0.25) is 5.91 Å². The fourth-order valence-electron chi connectivity index (χ4n) is 3.35. The highest BCUT2D eigenvalue weighted by molar-refractivity contribution is 5.95. The Morgan fingerprint density at radius 1 is 0.926 bits per heavy atom. The molecule has 0 unspecified atom stereocenters. The molecular formula is C23H22N2O2. The van der Waals surface area contributed by atoms with Crippen LogP contribution < -0.4 is 15.0 Å². The Hall–Kier alpha value is -3.27. The third kappa shape index (κ3) is 3.95. The number of para-hydroxylation sites is 4. The highest BCUT2D eigenvalue weighted by Crippen LogP contribution is 2.30. The molecule has 1 amide bonds. The van der Waals surface area contributed by atoms with Crippen molar-refractivity contribution in [3.63, 3.8) is 0 Å². The van der Waals surface area contributed by atoms with Gasteiger partial charge in [0.1, 0.15) is 5.75 Å². The van der Waals surface area contributed by atoms with Crippen molar-refractivity contribution in [3.05, 3.63) is 84.4 Å². The van der Waals surface area contributed by atoms with Crippen LogP contribution in [-0.2, 0) is 11.2 Å². The third-order valence-electron chi connectivity index (χ3n) is 4.70. The van der Waals surface area contributed by atoms with Crippen LogP contribution in [0.4, 0.5) is 11.4 Å². The molecule has 4 rings (SSSR count). The van der Waals surface area contributed by atoms with E-state index in [1.807, 2.05) is 77.7 Å². The van der Waals surface area contributed by atoms with E-state index in [0.29, 0.717) is 13.0 Å². The number of carbonyl (C=O) groups is 1. The lowest BCUT2D eigenvalue weighted by Crippen LogP contribution is -2.30. The van der Waals surface area contributed by atoms with Crippen molar-refractivity contribution in [3.8, 4) is 11.5 Å². The first-order valence-electron chi connectivity index (χ1n) is 9.25. The maximum Gasteiger partial charge on any atom is 0.228 e. The van der Waals surface area contributed by atoms with Gasteiger partial charge >= 0.3 is 0 Å². The van der Waals surface area contributed by atoms with E-state index in [9.17, 15) is 4.79 Å². The Balaban J connectivity index is 1.37. The van der Waals surface area contributed by atoms with Gasteiger partial charge in [-0.25, -0.2) is 0 Å². The fourth-order valence-corrected chi connectivity index (χ4v) is 3.35. The molecule has 0 aliphatic carbocycles. The molecule has 0 aromatic heterocycles. The largest absolute Gasteiger partial charge is 0.455 e. The quantitative estimate of drug-likeness (QED) is 0.683. The highest BCUT2D eigenvalue weighted by Gasteiger charge is 2.23. The van der Waals surface area contributed by atoms with Crippen LogP contribution >= 0.6 is 0 Å². The molecule has 1 aliphatic heterocycles. The molecule has 136 valence electrons. The molecule has 0 saturated carbocycles. The summed E-state index contributed by atoms with van der Waals surface area (Å²) in [5, 5.41) is 3.34. The Kier molecular flexibility index (Phi) is 5.06. The average molecular weight is 358 g/mol. The zero-order valence-electron chi connectivity index (χ0n) is 15.1. The van der Waals surface area contributed by atoms with Gasteiger partial charge in [0.15, 0.2) is 5.75 Å². The van der Waals surface area contributed by atoms with Gasteiger partial charge in [0, 0.05) is 25.2 Å². The number of hydrogen-bond acceptors (Lipinski definition) is 3. The molecule has 0 radical (unpaired) electrons. The zero-order chi connectivity index (χ0) is 18.5. The first kappa shape index (κ1) is 17.2. The topological polar surface area (TPSA) is 41.6 Å². The molecule has 0 bridgehead atoms. The molecule has 1 N–H and O–H groups in total. The van der Waals surface area contributed by atoms with Gasteiger partial charge in [-0.1, -0.05) is 48.5 Å². The van der Waals surface area contributed by atoms with Gasteiger partial charge in [-0.15, -0.1) is 0 Å². The zero-order valence-corrected chi connectivity index (χ0v) is 15.1. The molecule has 4 nitrogen and oxygen atoms in total. The van der Waals surface area contributed by atoms with Crippen molar-refractivity contribution >= 4 is 17.3 Å². The van der Waals surface area contributed by atoms with Crippen LogP contribution in [0.5, 0.6) is 11.5 Å². The van der Waals surface area contributed by atoms with Crippen molar-refractivity contribution in [2.24, 2.45) is 0 Å². The maximum absolute atomic E-state index is 12.6. The molecule has 3 aromatic carbocycles. The van der Waals surface area contributed by atoms with E-state index in [0.717, 1.165) is 35.8 Å². The van der Waals surface area contributed by atoms with Crippen LogP contribution in [0.1, 0.15) is 12.0 Å². The van der Waals surface area contributed by atoms with Crippen LogP contribution in [0.2, 0.25) is 0 Å². The normalized spacial score (nSPS) is 12.5. The summed E-state index contributed by atoms with van der Waals surface area (Å²) in [4.78, 5) is 14.5. The second-order valence-electron chi connectivity index (χ2n) is 6.51. The lowest BCUT2D eigenvalue weighted by atomic mass is 10.2. The van der Waals surface area contributed by atoms with Crippen LogP contribution in [0.15, 0.2) is 78.9 Å². The monoisotopic (exact) mass is 358 g/mol. The van der Waals surface area contributed by atoms with Gasteiger partial charge in [-0.2, -0.15) is 0 Å². The number of nitrogens with one attached hydrogen (secondary N) is 1. The van der Waals surface area contributed by atoms with Crippen LogP contribution in [0.3, 0.4) is 0 Å². The minimum atomic E-state index is 0.147. The van der Waals surface area contributed by atoms with Crippen molar-refractivity contribution in [1.29, 1.82) is 0 Å². The summed E-state index contributed by atoms with van der Waals surface area (Å²) in [6.45, 7) is 1.33. The average Bonchev–Trinajstić information content (AvgIpc) is 3.14. The molecule has 1 heterocycles. The number of nitrogens with zero attached hydrogens (tertiary/aromatic N) is 1. The molecule has 0 spiro atoms. The first-order valence-corrected chi connectivity index (χ1v) is 9.25. The molecule has 0 saturated heterocycles. The van der Waals surface area contributed by atoms with E-state index in [4.69, 9.17) is 4.74 Å². The number of benzene rings is 3. The molecule has 0 atom stereocenters. The predicted molar refractivity (Wildman–Crippen MR) is 109 cm³/mol. The first-order chi connectivity index (χ1) is 13.3. The molecule has 3 aromatic rings. The number of fused-ring (bicyclic) bond motifs is 1. The minimum Gasteiger partial charge on any atom is -0.455 e. The third-order valence-corrected chi connectivity index (χ3v) is 4.70. The van der Waals surface area contributed by atoms with E-state index in [-0.39, 0.29) is 5.91 Å². The number of carbonyl (C=O) groups excluding carboxylic acids is 1. The summed E-state index contributed by atoms with van der Waals surface area (Å²) in [6.07, 6.45) is 1.37. The Morgan fingerprint density at radius 2 is 1.67 bits per heavy atom. The lowest BCUT2D eigenvalue weighted by Gasteiger charge is -2.18. The second kappa shape index (κ2) is 7.96. The molecule has 4 heteroatoms. The number of anilines is 2. The van der Waals surface area contributed by atoms with Gasteiger partial charge in [0.25, 0.3) is 0 Å². The van der Waals surface area contributed by atoms with Crippen molar-refractivity contribution in [2.45, 2.75) is 12.8 Å². The van der Waals surface area contributed by atoms with E-state index >= 15 is 0 Å². The van der Waals surface area contributed by atoms with Crippen LogP contribution in [0, 0.1) is 0 Å². The number of ether oxygens (including phenoxy) is 1. The second-order valence-corrected chi connectivity index (χ2v) is 6.51.